The maximum atomic E-state index is 12.8. The first-order valence-corrected chi connectivity index (χ1v) is 6.09. The fourth-order valence-electron chi connectivity index (χ4n) is 2.21. The van der Waals surface area contributed by atoms with Crippen LogP contribution in [-0.2, 0) is 6.18 Å². The summed E-state index contributed by atoms with van der Waals surface area (Å²) < 4.78 is 39.9. The Morgan fingerprint density at radius 1 is 1.00 bits per heavy atom. The van der Waals surface area contributed by atoms with Crippen molar-refractivity contribution in [3.05, 3.63) is 59.8 Å². The molecule has 0 bridgehead atoms. The van der Waals surface area contributed by atoms with Gasteiger partial charge in [-0.2, -0.15) is 18.3 Å². The highest BCUT2D eigenvalue weighted by Gasteiger charge is 2.31. The van der Waals surface area contributed by atoms with Gasteiger partial charge in [0.05, 0.1) is 22.5 Å². The molecule has 0 aliphatic heterocycles. The molecule has 5 heteroatoms. The van der Waals surface area contributed by atoms with E-state index in [2.05, 4.69) is 5.10 Å². The smallest absolute Gasteiger partial charge is 0.233 e. The third-order valence-corrected chi connectivity index (χ3v) is 3.19. The van der Waals surface area contributed by atoms with Crippen molar-refractivity contribution in [1.82, 2.24) is 9.78 Å². The average molecular weight is 276 g/mol. The van der Waals surface area contributed by atoms with E-state index >= 15 is 0 Å². The SMILES string of the molecule is Cc1nn(-c2ccccc2)c2ccc(C(F)(F)F)cc12. The van der Waals surface area contributed by atoms with E-state index in [-0.39, 0.29) is 0 Å². The number of alkyl halides is 3. The van der Waals surface area contributed by atoms with E-state index in [1.54, 1.807) is 11.6 Å². The first-order valence-electron chi connectivity index (χ1n) is 6.09. The lowest BCUT2D eigenvalue weighted by molar-refractivity contribution is -0.137. The van der Waals surface area contributed by atoms with Gasteiger partial charge in [0.2, 0.25) is 0 Å². The zero-order valence-electron chi connectivity index (χ0n) is 10.6. The molecule has 0 radical (unpaired) electrons. The van der Waals surface area contributed by atoms with Crippen molar-refractivity contribution in [1.29, 1.82) is 0 Å². The number of hydrogen-bond acceptors (Lipinski definition) is 1. The molecule has 0 N–H and O–H groups in total. The second-order valence-electron chi connectivity index (χ2n) is 4.56. The molecule has 3 rings (SSSR count). The van der Waals surface area contributed by atoms with E-state index in [1.165, 1.54) is 6.07 Å². The molecule has 102 valence electrons. The number of fused-ring (bicyclic) bond motifs is 1. The molecule has 0 aliphatic rings. The molecule has 2 aromatic carbocycles. The maximum Gasteiger partial charge on any atom is 0.416 e. The highest BCUT2D eigenvalue weighted by molar-refractivity contribution is 5.84. The zero-order valence-corrected chi connectivity index (χ0v) is 10.6. The lowest BCUT2D eigenvalue weighted by Crippen LogP contribution is -2.04. The van der Waals surface area contributed by atoms with Crippen molar-refractivity contribution < 1.29 is 13.2 Å². The Bertz CT molecular complexity index is 758. The summed E-state index contributed by atoms with van der Waals surface area (Å²) in [6.45, 7) is 1.71. The standard InChI is InChI=1S/C15H11F3N2/c1-10-13-9-11(15(16,17)18)7-8-14(13)20(19-10)12-5-3-2-4-6-12/h2-9H,1H3. The summed E-state index contributed by atoms with van der Waals surface area (Å²) >= 11 is 0. The largest absolute Gasteiger partial charge is 0.416 e. The fourth-order valence-corrected chi connectivity index (χ4v) is 2.21. The molecular weight excluding hydrogens is 265 g/mol. The van der Waals surface area contributed by atoms with Crippen molar-refractivity contribution in [2.75, 3.05) is 0 Å². The molecule has 1 heterocycles. The normalized spacial score (nSPS) is 12.0. The van der Waals surface area contributed by atoms with Crippen LogP contribution in [0.5, 0.6) is 0 Å². The van der Waals surface area contributed by atoms with Gasteiger partial charge in [-0.05, 0) is 37.3 Å². The van der Waals surface area contributed by atoms with Crippen LogP contribution in [0.25, 0.3) is 16.6 Å². The molecular formula is C15H11F3N2. The minimum atomic E-state index is -4.34. The van der Waals surface area contributed by atoms with Crippen LogP contribution in [0, 0.1) is 6.92 Å². The summed E-state index contributed by atoms with van der Waals surface area (Å²) in [5.41, 5.74) is 1.42. The van der Waals surface area contributed by atoms with E-state index in [9.17, 15) is 13.2 Å². The number of nitrogens with zero attached hydrogens (tertiary/aromatic N) is 2. The van der Waals surface area contributed by atoms with Crippen LogP contribution in [0.4, 0.5) is 13.2 Å². The van der Waals surface area contributed by atoms with Gasteiger partial charge in [-0.1, -0.05) is 18.2 Å². The second kappa shape index (κ2) is 4.37. The van der Waals surface area contributed by atoms with Crippen LogP contribution in [0.2, 0.25) is 0 Å². The monoisotopic (exact) mass is 276 g/mol. The lowest BCUT2D eigenvalue weighted by Gasteiger charge is -2.07. The van der Waals surface area contributed by atoms with E-state index < -0.39 is 11.7 Å². The Labute approximate surface area is 113 Å². The van der Waals surface area contributed by atoms with Crippen molar-refractivity contribution >= 4 is 10.9 Å². The summed E-state index contributed by atoms with van der Waals surface area (Å²) in [6, 6.07) is 13.0. The molecule has 0 atom stereocenters. The lowest BCUT2D eigenvalue weighted by atomic mass is 10.1. The maximum absolute atomic E-state index is 12.8. The minimum Gasteiger partial charge on any atom is -0.233 e. The molecule has 2 nitrogen and oxygen atoms in total. The molecule has 0 saturated heterocycles. The van der Waals surface area contributed by atoms with Crippen molar-refractivity contribution in [2.45, 2.75) is 13.1 Å². The number of halogens is 3. The van der Waals surface area contributed by atoms with E-state index in [0.717, 1.165) is 17.8 Å². The molecule has 0 unspecified atom stereocenters. The number of benzene rings is 2. The molecule has 20 heavy (non-hydrogen) atoms. The summed E-state index contributed by atoms with van der Waals surface area (Å²) in [7, 11) is 0. The topological polar surface area (TPSA) is 17.8 Å². The Hall–Kier alpha value is -2.30. The van der Waals surface area contributed by atoms with Crippen molar-refractivity contribution in [3.63, 3.8) is 0 Å². The van der Waals surface area contributed by atoms with E-state index in [1.807, 2.05) is 30.3 Å². The number of hydrogen-bond donors (Lipinski definition) is 0. The van der Waals surface area contributed by atoms with Gasteiger partial charge in [-0.15, -0.1) is 0 Å². The number of para-hydroxylation sites is 1. The molecule has 0 fully saturated rings. The third-order valence-electron chi connectivity index (χ3n) is 3.19. The molecule has 0 spiro atoms. The van der Waals surface area contributed by atoms with Crippen LogP contribution < -0.4 is 0 Å². The van der Waals surface area contributed by atoms with Gasteiger partial charge in [-0.25, -0.2) is 4.68 Å². The molecule has 0 aliphatic carbocycles. The Kier molecular flexibility index (Phi) is 2.78. The summed E-state index contributed by atoms with van der Waals surface area (Å²) in [4.78, 5) is 0. The quantitative estimate of drug-likeness (QED) is 0.646. The molecule has 0 amide bonds. The fraction of sp³-hybridized carbons (Fsp3) is 0.133. The van der Waals surface area contributed by atoms with E-state index in [0.29, 0.717) is 16.6 Å². The first kappa shape index (κ1) is 12.7. The predicted octanol–water partition coefficient (Wildman–Crippen LogP) is 4.35. The van der Waals surface area contributed by atoms with Gasteiger partial charge in [0, 0.05) is 5.39 Å². The van der Waals surface area contributed by atoms with Crippen molar-refractivity contribution in [3.8, 4) is 5.69 Å². The van der Waals surface area contributed by atoms with Crippen LogP contribution in [0.3, 0.4) is 0 Å². The summed E-state index contributed by atoms with van der Waals surface area (Å²) in [5.74, 6) is 0. The van der Waals surface area contributed by atoms with Crippen molar-refractivity contribution in [2.24, 2.45) is 0 Å². The predicted molar refractivity (Wildman–Crippen MR) is 70.8 cm³/mol. The van der Waals surface area contributed by atoms with E-state index in [4.69, 9.17) is 0 Å². The number of aryl methyl sites for hydroxylation is 1. The Morgan fingerprint density at radius 3 is 2.35 bits per heavy atom. The van der Waals surface area contributed by atoms with Gasteiger partial charge in [-0.3, -0.25) is 0 Å². The van der Waals surface area contributed by atoms with Gasteiger partial charge in [0.25, 0.3) is 0 Å². The highest BCUT2D eigenvalue weighted by atomic mass is 19.4. The molecule has 0 saturated carbocycles. The summed E-state index contributed by atoms with van der Waals surface area (Å²) in [6.07, 6.45) is -4.34. The van der Waals surface area contributed by atoms with Gasteiger partial charge in [0.1, 0.15) is 0 Å². The molecule has 1 aromatic heterocycles. The van der Waals surface area contributed by atoms with Gasteiger partial charge < -0.3 is 0 Å². The van der Waals surface area contributed by atoms with Crippen LogP contribution >= 0.6 is 0 Å². The summed E-state index contributed by atoms with van der Waals surface area (Å²) in [5, 5.41) is 4.85. The van der Waals surface area contributed by atoms with Gasteiger partial charge >= 0.3 is 6.18 Å². The second-order valence-corrected chi connectivity index (χ2v) is 4.56. The average Bonchev–Trinajstić information content (AvgIpc) is 2.76. The van der Waals surface area contributed by atoms with Gasteiger partial charge in [0.15, 0.2) is 0 Å². The highest BCUT2D eigenvalue weighted by Crippen LogP contribution is 2.32. The first-order chi connectivity index (χ1) is 9.47. The minimum absolute atomic E-state index is 0.517. The Balaban J connectivity index is 2.23. The Morgan fingerprint density at radius 2 is 1.70 bits per heavy atom. The van der Waals surface area contributed by atoms with Crippen LogP contribution in [-0.4, -0.2) is 9.78 Å². The number of aromatic nitrogens is 2. The van der Waals surface area contributed by atoms with Crippen LogP contribution in [0.1, 0.15) is 11.3 Å². The third kappa shape index (κ3) is 2.05. The van der Waals surface area contributed by atoms with Crippen LogP contribution in [0.15, 0.2) is 48.5 Å². The number of rotatable bonds is 1. The molecule has 3 aromatic rings. The zero-order chi connectivity index (χ0) is 14.3.